The van der Waals surface area contributed by atoms with Crippen molar-refractivity contribution in [2.45, 2.75) is 35.9 Å². The van der Waals surface area contributed by atoms with Gasteiger partial charge in [-0.3, -0.25) is 4.79 Å². The van der Waals surface area contributed by atoms with Gasteiger partial charge >= 0.3 is 0 Å². The van der Waals surface area contributed by atoms with Crippen LogP contribution in [-0.2, 0) is 14.8 Å². The molecular weight excluding hydrogens is 426 g/mol. The number of benzene rings is 1. The van der Waals surface area contributed by atoms with E-state index in [2.05, 4.69) is 10.3 Å². The lowest BCUT2D eigenvalue weighted by Gasteiger charge is -2.18. The fourth-order valence-corrected chi connectivity index (χ4v) is 4.89. The summed E-state index contributed by atoms with van der Waals surface area (Å²) in [6.07, 6.45) is 1.33. The molecule has 1 N–H and O–H groups in total. The Hall–Kier alpha value is -2.30. The fraction of sp³-hybridized carbons (Fsp3) is 0.400. The molecule has 164 valence electrons. The molecule has 0 aliphatic rings. The zero-order valence-electron chi connectivity index (χ0n) is 17.7. The van der Waals surface area contributed by atoms with Gasteiger partial charge in [0.25, 0.3) is 0 Å². The molecule has 8 nitrogen and oxygen atoms in total. The second kappa shape index (κ2) is 10.6. The SMILES string of the molecule is CCN(CC)S(=O)(=O)c1ccc(SC(C)C(=O)Nc2ccc(OC)c(OC)c2)nc1. The molecular formula is C20H27N3O5S2. The van der Waals surface area contributed by atoms with Crippen LogP contribution >= 0.6 is 11.8 Å². The van der Waals surface area contributed by atoms with Crippen LogP contribution in [0.3, 0.4) is 0 Å². The number of pyridine rings is 1. The summed E-state index contributed by atoms with van der Waals surface area (Å²) < 4.78 is 36.9. The number of ether oxygens (including phenoxy) is 2. The number of amides is 1. The maximum Gasteiger partial charge on any atom is 0.244 e. The van der Waals surface area contributed by atoms with E-state index in [9.17, 15) is 13.2 Å². The predicted molar refractivity (Wildman–Crippen MR) is 118 cm³/mol. The van der Waals surface area contributed by atoms with E-state index in [4.69, 9.17) is 9.47 Å². The Kier molecular flexibility index (Phi) is 8.51. The van der Waals surface area contributed by atoms with Gasteiger partial charge in [-0.05, 0) is 31.2 Å². The molecule has 0 aliphatic heterocycles. The molecule has 2 rings (SSSR count). The third kappa shape index (κ3) is 5.65. The number of rotatable bonds is 10. The maximum absolute atomic E-state index is 12.5. The second-order valence-corrected chi connectivity index (χ2v) is 9.54. The van der Waals surface area contributed by atoms with E-state index in [-0.39, 0.29) is 10.8 Å². The molecule has 0 radical (unpaired) electrons. The Balaban J connectivity index is 2.05. The molecule has 0 spiro atoms. The summed E-state index contributed by atoms with van der Waals surface area (Å²) in [6, 6.07) is 8.24. The predicted octanol–water partition coefficient (Wildman–Crippen LogP) is 3.25. The first-order valence-corrected chi connectivity index (χ1v) is 11.7. The number of hydrogen-bond donors (Lipinski definition) is 1. The molecule has 0 saturated carbocycles. The van der Waals surface area contributed by atoms with Crippen LogP contribution in [0.15, 0.2) is 46.5 Å². The summed E-state index contributed by atoms with van der Waals surface area (Å²) >= 11 is 1.24. The van der Waals surface area contributed by atoms with Gasteiger partial charge in [-0.25, -0.2) is 13.4 Å². The molecule has 0 saturated heterocycles. The number of carbonyl (C=O) groups excluding carboxylic acids is 1. The number of hydrogen-bond acceptors (Lipinski definition) is 7. The first-order chi connectivity index (χ1) is 14.3. The van der Waals surface area contributed by atoms with E-state index in [1.807, 2.05) is 0 Å². The minimum Gasteiger partial charge on any atom is -0.493 e. The average molecular weight is 454 g/mol. The van der Waals surface area contributed by atoms with Crippen LogP contribution in [0, 0.1) is 0 Å². The highest BCUT2D eigenvalue weighted by atomic mass is 32.2. The van der Waals surface area contributed by atoms with Crippen LogP contribution in [0.5, 0.6) is 11.5 Å². The lowest BCUT2D eigenvalue weighted by Crippen LogP contribution is -2.30. The zero-order valence-corrected chi connectivity index (χ0v) is 19.3. The van der Waals surface area contributed by atoms with Gasteiger partial charge in [0, 0.05) is 31.0 Å². The summed E-state index contributed by atoms with van der Waals surface area (Å²) in [6.45, 7) is 6.11. The Morgan fingerprint density at radius 2 is 1.80 bits per heavy atom. The minimum atomic E-state index is -3.56. The molecule has 1 amide bonds. The van der Waals surface area contributed by atoms with E-state index in [0.717, 1.165) is 0 Å². The molecule has 2 aromatic rings. The monoisotopic (exact) mass is 453 g/mol. The zero-order chi connectivity index (χ0) is 22.3. The van der Waals surface area contributed by atoms with Gasteiger partial charge in [0.05, 0.1) is 24.5 Å². The van der Waals surface area contributed by atoms with Gasteiger partial charge < -0.3 is 14.8 Å². The summed E-state index contributed by atoms with van der Waals surface area (Å²) in [5.41, 5.74) is 0.582. The van der Waals surface area contributed by atoms with Gasteiger partial charge in [-0.1, -0.05) is 25.6 Å². The van der Waals surface area contributed by atoms with Gasteiger partial charge in [0.2, 0.25) is 15.9 Å². The molecule has 1 aromatic heterocycles. The second-order valence-electron chi connectivity index (χ2n) is 6.24. The third-order valence-electron chi connectivity index (χ3n) is 4.37. The molecule has 30 heavy (non-hydrogen) atoms. The molecule has 0 aliphatic carbocycles. The molecule has 10 heteroatoms. The van der Waals surface area contributed by atoms with E-state index >= 15 is 0 Å². The van der Waals surface area contributed by atoms with Crippen molar-refractivity contribution in [2.24, 2.45) is 0 Å². The highest BCUT2D eigenvalue weighted by Gasteiger charge is 2.22. The van der Waals surface area contributed by atoms with Crippen molar-refractivity contribution in [3.8, 4) is 11.5 Å². The number of nitrogens with zero attached hydrogens (tertiary/aromatic N) is 2. The van der Waals surface area contributed by atoms with Crippen LogP contribution in [0.25, 0.3) is 0 Å². The van der Waals surface area contributed by atoms with Gasteiger partial charge in [0.15, 0.2) is 11.5 Å². The lowest BCUT2D eigenvalue weighted by atomic mass is 10.2. The standard InChI is InChI=1S/C20H27N3O5S2/c1-6-23(7-2)30(25,26)16-9-11-19(21-13-16)29-14(3)20(24)22-15-8-10-17(27-4)18(12-15)28-5/h8-14H,6-7H2,1-5H3,(H,22,24). The Labute approximate surface area is 182 Å². The Morgan fingerprint density at radius 1 is 1.13 bits per heavy atom. The highest BCUT2D eigenvalue weighted by molar-refractivity contribution is 8.00. The van der Waals surface area contributed by atoms with Gasteiger partial charge in [-0.15, -0.1) is 0 Å². The first kappa shape index (κ1) is 24.0. The number of carbonyl (C=O) groups is 1. The van der Waals surface area contributed by atoms with Crippen LogP contribution in [0.2, 0.25) is 0 Å². The van der Waals surface area contributed by atoms with Gasteiger partial charge in [-0.2, -0.15) is 4.31 Å². The van der Waals surface area contributed by atoms with E-state index in [1.54, 1.807) is 52.1 Å². The van der Waals surface area contributed by atoms with Crippen molar-refractivity contribution in [3.63, 3.8) is 0 Å². The Bertz CT molecular complexity index is 961. The Morgan fingerprint density at radius 3 is 2.33 bits per heavy atom. The van der Waals surface area contributed by atoms with Crippen LogP contribution in [0.1, 0.15) is 20.8 Å². The van der Waals surface area contributed by atoms with Gasteiger partial charge in [0.1, 0.15) is 4.90 Å². The number of anilines is 1. The quantitative estimate of drug-likeness (QED) is 0.552. The van der Waals surface area contributed by atoms with Crippen molar-refractivity contribution < 1.29 is 22.7 Å². The van der Waals surface area contributed by atoms with Crippen molar-refractivity contribution in [2.75, 3.05) is 32.6 Å². The van der Waals surface area contributed by atoms with Crippen LogP contribution in [-0.4, -0.2) is 56.2 Å². The van der Waals surface area contributed by atoms with Crippen LogP contribution in [0.4, 0.5) is 5.69 Å². The molecule has 0 fully saturated rings. The number of thioether (sulfide) groups is 1. The van der Waals surface area contributed by atoms with Crippen LogP contribution < -0.4 is 14.8 Å². The molecule has 0 bridgehead atoms. The van der Waals surface area contributed by atoms with Crippen molar-refractivity contribution in [1.29, 1.82) is 0 Å². The fourth-order valence-electron chi connectivity index (χ4n) is 2.69. The summed E-state index contributed by atoms with van der Waals surface area (Å²) in [5, 5.41) is 2.94. The maximum atomic E-state index is 12.5. The third-order valence-corrected chi connectivity index (χ3v) is 7.45. The minimum absolute atomic E-state index is 0.137. The smallest absolute Gasteiger partial charge is 0.244 e. The summed E-state index contributed by atoms with van der Waals surface area (Å²) in [7, 11) is -0.488. The topological polar surface area (TPSA) is 97.8 Å². The molecule has 1 atom stereocenters. The summed E-state index contributed by atoms with van der Waals surface area (Å²) in [4.78, 5) is 16.9. The van der Waals surface area contributed by atoms with E-state index in [0.29, 0.717) is 35.3 Å². The number of methoxy groups -OCH3 is 2. The molecule has 1 aromatic carbocycles. The number of nitrogens with one attached hydrogen (secondary N) is 1. The van der Waals surface area contributed by atoms with Crippen molar-refractivity contribution in [1.82, 2.24) is 9.29 Å². The van der Waals surface area contributed by atoms with Crippen molar-refractivity contribution in [3.05, 3.63) is 36.5 Å². The molecule has 1 heterocycles. The lowest BCUT2D eigenvalue weighted by molar-refractivity contribution is -0.115. The highest BCUT2D eigenvalue weighted by Crippen LogP contribution is 2.30. The normalized spacial score (nSPS) is 12.5. The largest absolute Gasteiger partial charge is 0.493 e. The van der Waals surface area contributed by atoms with E-state index in [1.165, 1.54) is 35.4 Å². The average Bonchev–Trinajstić information content (AvgIpc) is 2.74. The molecule has 1 unspecified atom stereocenters. The number of sulfonamides is 1. The van der Waals surface area contributed by atoms with Crippen molar-refractivity contribution >= 4 is 33.4 Å². The summed E-state index contributed by atoms with van der Waals surface area (Å²) in [5.74, 6) is 0.873. The first-order valence-electron chi connectivity index (χ1n) is 9.42. The number of aromatic nitrogens is 1. The van der Waals surface area contributed by atoms with E-state index < -0.39 is 15.3 Å².